The van der Waals surface area contributed by atoms with E-state index in [9.17, 15) is 18.0 Å². The van der Waals surface area contributed by atoms with Crippen molar-refractivity contribution in [3.63, 3.8) is 0 Å². The Morgan fingerprint density at radius 3 is 2.52 bits per heavy atom. The zero-order valence-corrected chi connectivity index (χ0v) is 16.2. The molecule has 1 fully saturated rings. The first-order chi connectivity index (χ1) is 13.3. The topological polar surface area (TPSA) is 59.0 Å². The Morgan fingerprint density at radius 1 is 1.17 bits per heavy atom. The number of hydrogen-bond donors (Lipinski definition) is 1. The highest BCUT2D eigenvalue weighted by Crippen LogP contribution is 2.38. The molecule has 1 N–H and O–H groups in total. The summed E-state index contributed by atoms with van der Waals surface area (Å²) in [5, 5.41) is 8.81. The van der Waals surface area contributed by atoms with E-state index >= 15 is 0 Å². The molecule has 1 heterocycles. The van der Waals surface area contributed by atoms with Crippen molar-refractivity contribution in [2.24, 2.45) is 0 Å². The molecule has 0 spiro atoms. The summed E-state index contributed by atoms with van der Waals surface area (Å²) in [6, 6.07) is 11.8. The lowest BCUT2D eigenvalue weighted by molar-refractivity contribution is -0.139. The zero-order valence-electron chi connectivity index (χ0n) is 15.4. The third-order valence-electron chi connectivity index (χ3n) is 4.46. The predicted molar refractivity (Wildman–Crippen MR) is 103 cm³/mol. The molecule has 5 nitrogen and oxygen atoms in total. The fraction of sp³-hybridized carbons (Fsp3) is 0.350. The van der Waals surface area contributed by atoms with E-state index in [4.69, 9.17) is 14.6 Å². The summed E-state index contributed by atoms with van der Waals surface area (Å²) in [4.78, 5) is 12.7. The van der Waals surface area contributed by atoms with Crippen LogP contribution in [0.3, 0.4) is 0 Å². The molecule has 158 valence electrons. The Labute approximate surface area is 172 Å². The molecule has 0 radical (unpaired) electrons. The maximum absolute atomic E-state index is 13.1. The number of alkyl halides is 3. The zero-order chi connectivity index (χ0) is 20.1. The molecule has 2 aromatic rings. The normalized spacial score (nSPS) is 17.4. The van der Waals surface area contributed by atoms with Gasteiger partial charge in [0.25, 0.3) is 0 Å². The number of aliphatic carboxylic acids is 1. The molecule has 1 aliphatic heterocycles. The largest absolute Gasteiger partial charge is 0.481 e. The van der Waals surface area contributed by atoms with E-state index in [1.807, 2.05) is 4.90 Å². The Morgan fingerprint density at radius 2 is 1.86 bits per heavy atom. The van der Waals surface area contributed by atoms with Crippen molar-refractivity contribution in [1.29, 1.82) is 0 Å². The summed E-state index contributed by atoms with van der Waals surface area (Å²) in [7, 11) is 0. The van der Waals surface area contributed by atoms with Crippen LogP contribution in [-0.4, -0.2) is 42.2 Å². The molecular formula is C20H21ClF3NO4. The van der Waals surface area contributed by atoms with Gasteiger partial charge in [-0.05, 0) is 29.8 Å². The maximum atomic E-state index is 13.1. The van der Waals surface area contributed by atoms with Crippen LogP contribution in [0.1, 0.15) is 23.7 Å². The standard InChI is InChI=1S/C20H20F3NO4.ClH/c21-20(22,23)16-3-1-2-4-17(16)28-15-7-5-14(6-8-15)18-13-24(11-12-27-18)10-9-19(25)26;/h1-8,18H,9-13H2,(H,25,26);1H. The van der Waals surface area contributed by atoms with Gasteiger partial charge in [-0.2, -0.15) is 13.2 Å². The van der Waals surface area contributed by atoms with Gasteiger partial charge in [-0.1, -0.05) is 24.3 Å². The highest BCUT2D eigenvalue weighted by molar-refractivity contribution is 5.85. The number of ether oxygens (including phenoxy) is 2. The summed E-state index contributed by atoms with van der Waals surface area (Å²) >= 11 is 0. The minimum atomic E-state index is -4.49. The fourth-order valence-electron chi connectivity index (χ4n) is 3.03. The number of para-hydroxylation sites is 1. The van der Waals surface area contributed by atoms with Gasteiger partial charge < -0.3 is 14.6 Å². The Bertz CT molecular complexity index is 814. The molecular weight excluding hydrogens is 411 g/mol. The van der Waals surface area contributed by atoms with Gasteiger partial charge in [-0.3, -0.25) is 9.69 Å². The third kappa shape index (κ3) is 6.35. The Balaban J connectivity index is 0.00000300. The number of morpholine rings is 1. The molecule has 0 bridgehead atoms. The third-order valence-corrected chi connectivity index (χ3v) is 4.46. The van der Waals surface area contributed by atoms with Crippen molar-refractivity contribution in [1.82, 2.24) is 4.90 Å². The van der Waals surface area contributed by atoms with Gasteiger partial charge >= 0.3 is 12.1 Å². The Hall–Kier alpha value is -2.29. The van der Waals surface area contributed by atoms with Crippen LogP contribution in [0, 0.1) is 0 Å². The number of rotatable bonds is 6. The van der Waals surface area contributed by atoms with Crippen LogP contribution >= 0.6 is 12.4 Å². The smallest absolute Gasteiger partial charge is 0.419 e. The van der Waals surface area contributed by atoms with Crippen molar-refractivity contribution in [2.45, 2.75) is 18.7 Å². The predicted octanol–water partition coefficient (Wildman–Crippen LogP) is 4.77. The second-order valence-corrected chi connectivity index (χ2v) is 6.47. The number of halogens is 4. The minimum Gasteiger partial charge on any atom is -0.481 e. The first-order valence-corrected chi connectivity index (χ1v) is 8.83. The second-order valence-electron chi connectivity index (χ2n) is 6.47. The average Bonchev–Trinajstić information content (AvgIpc) is 2.67. The van der Waals surface area contributed by atoms with Gasteiger partial charge in [0.05, 0.1) is 24.7 Å². The summed E-state index contributed by atoms with van der Waals surface area (Å²) in [5.41, 5.74) is 0.0280. The van der Waals surface area contributed by atoms with Crippen molar-refractivity contribution in [3.05, 3.63) is 59.7 Å². The molecule has 0 amide bonds. The number of carbonyl (C=O) groups is 1. The number of benzene rings is 2. The molecule has 1 atom stereocenters. The van der Waals surface area contributed by atoms with Crippen LogP contribution in [0.4, 0.5) is 13.2 Å². The quantitative estimate of drug-likeness (QED) is 0.714. The van der Waals surface area contributed by atoms with Crippen molar-refractivity contribution < 1.29 is 32.5 Å². The number of carboxylic acids is 1. The Kier molecular flexibility index (Phi) is 7.89. The van der Waals surface area contributed by atoms with Crippen molar-refractivity contribution in [3.8, 4) is 11.5 Å². The SMILES string of the molecule is Cl.O=C(O)CCN1CCOC(c2ccc(Oc3ccccc3C(F)(F)F)cc2)C1. The van der Waals surface area contributed by atoms with E-state index in [2.05, 4.69) is 0 Å². The highest BCUT2D eigenvalue weighted by Gasteiger charge is 2.34. The molecule has 1 aliphatic rings. The van der Waals surface area contributed by atoms with Gasteiger partial charge in [0.15, 0.2) is 0 Å². The molecule has 1 unspecified atom stereocenters. The monoisotopic (exact) mass is 431 g/mol. The van der Waals surface area contributed by atoms with Crippen LogP contribution in [0.15, 0.2) is 48.5 Å². The molecule has 2 aromatic carbocycles. The van der Waals surface area contributed by atoms with Crippen molar-refractivity contribution in [2.75, 3.05) is 26.2 Å². The average molecular weight is 432 g/mol. The summed E-state index contributed by atoms with van der Waals surface area (Å²) in [6.07, 6.45) is -4.65. The van der Waals surface area contributed by atoms with Gasteiger partial charge in [-0.25, -0.2) is 0 Å². The van der Waals surface area contributed by atoms with E-state index in [1.54, 1.807) is 24.3 Å². The van der Waals surface area contributed by atoms with E-state index in [0.717, 1.165) is 11.6 Å². The molecule has 29 heavy (non-hydrogen) atoms. The molecule has 0 aliphatic carbocycles. The second kappa shape index (κ2) is 9.96. The van der Waals surface area contributed by atoms with Gasteiger partial charge in [0, 0.05) is 19.6 Å². The summed E-state index contributed by atoms with van der Waals surface area (Å²) in [5.74, 6) is -0.806. The molecule has 3 rings (SSSR count). The number of carboxylic acid groups (broad SMARTS) is 1. The lowest BCUT2D eigenvalue weighted by Gasteiger charge is -2.32. The molecule has 1 saturated heterocycles. The summed E-state index contributed by atoms with van der Waals surface area (Å²) in [6.45, 7) is 2.16. The first kappa shape index (κ1) is 23.0. The van der Waals surface area contributed by atoms with Gasteiger partial charge in [0.2, 0.25) is 0 Å². The van der Waals surface area contributed by atoms with Crippen LogP contribution in [-0.2, 0) is 15.7 Å². The highest BCUT2D eigenvalue weighted by atomic mass is 35.5. The van der Waals surface area contributed by atoms with Gasteiger partial charge in [-0.15, -0.1) is 12.4 Å². The summed E-state index contributed by atoms with van der Waals surface area (Å²) < 4.78 is 50.4. The lowest BCUT2D eigenvalue weighted by atomic mass is 10.1. The van der Waals surface area contributed by atoms with Gasteiger partial charge in [0.1, 0.15) is 11.5 Å². The van der Waals surface area contributed by atoms with Crippen LogP contribution in [0.5, 0.6) is 11.5 Å². The van der Waals surface area contributed by atoms with E-state index in [0.29, 0.717) is 32.0 Å². The lowest BCUT2D eigenvalue weighted by Crippen LogP contribution is -2.39. The van der Waals surface area contributed by atoms with E-state index in [-0.39, 0.29) is 30.7 Å². The van der Waals surface area contributed by atoms with E-state index < -0.39 is 17.7 Å². The minimum absolute atomic E-state index is 0. The van der Waals surface area contributed by atoms with Crippen LogP contribution in [0.25, 0.3) is 0 Å². The molecule has 0 saturated carbocycles. The van der Waals surface area contributed by atoms with Crippen LogP contribution < -0.4 is 4.74 Å². The first-order valence-electron chi connectivity index (χ1n) is 8.83. The van der Waals surface area contributed by atoms with E-state index in [1.165, 1.54) is 18.2 Å². The van der Waals surface area contributed by atoms with Crippen molar-refractivity contribution >= 4 is 18.4 Å². The fourth-order valence-corrected chi connectivity index (χ4v) is 3.03. The maximum Gasteiger partial charge on any atom is 0.419 e. The number of nitrogens with zero attached hydrogens (tertiary/aromatic N) is 1. The number of hydrogen-bond acceptors (Lipinski definition) is 4. The van der Waals surface area contributed by atoms with Crippen LogP contribution in [0.2, 0.25) is 0 Å². The molecule has 0 aromatic heterocycles. The molecule has 9 heteroatoms.